The van der Waals surface area contributed by atoms with E-state index in [0.717, 1.165) is 0 Å². The summed E-state index contributed by atoms with van der Waals surface area (Å²) < 4.78 is 16.6. The summed E-state index contributed by atoms with van der Waals surface area (Å²) in [4.78, 5) is 26.6. The van der Waals surface area contributed by atoms with Gasteiger partial charge in [-0.3, -0.25) is 9.59 Å². The number of aliphatic hydroxyl groups is 3. The average molecular weight is 444 g/mol. The van der Waals surface area contributed by atoms with Crippen molar-refractivity contribution >= 4 is 11.6 Å². The quantitative estimate of drug-likeness (QED) is 0.462. The summed E-state index contributed by atoms with van der Waals surface area (Å²) in [7, 11) is 1.39. The number of carbonyl (C=O) groups is 2. The summed E-state index contributed by atoms with van der Waals surface area (Å²) in [6, 6.07) is 5.70. The highest BCUT2D eigenvalue weighted by molar-refractivity contribution is 6.30. The first kappa shape index (κ1) is 22.2. The molecule has 1 fully saturated rings. The summed E-state index contributed by atoms with van der Waals surface area (Å²) in [5, 5.41) is 40.6. The molecule has 0 aromatic heterocycles. The van der Waals surface area contributed by atoms with Crippen LogP contribution in [0.15, 0.2) is 24.3 Å². The molecule has 0 bridgehead atoms. The Morgan fingerprint density at radius 1 is 1.00 bits per heavy atom. The van der Waals surface area contributed by atoms with E-state index in [2.05, 4.69) is 0 Å². The molecule has 2 aromatic rings. The topological polar surface area (TPSA) is 143 Å². The van der Waals surface area contributed by atoms with Gasteiger partial charge in [0.05, 0.1) is 30.9 Å². The number of hydrogen-bond donors (Lipinski definition) is 4. The van der Waals surface area contributed by atoms with Gasteiger partial charge in [-0.1, -0.05) is 6.92 Å². The molecule has 1 aliphatic carbocycles. The zero-order valence-electron chi connectivity index (χ0n) is 17.7. The molecule has 0 saturated carbocycles. The number of aromatic hydroxyl groups is 1. The molecule has 5 atom stereocenters. The first-order valence-corrected chi connectivity index (χ1v) is 10.1. The van der Waals surface area contributed by atoms with Gasteiger partial charge in [-0.15, -0.1) is 0 Å². The lowest BCUT2D eigenvalue weighted by molar-refractivity contribution is -0.260. The van der Waals surface area contributed by atoms with Crippen LogP contribution in [0.1, 0.15) is 44.3 Å². The second kappa shape index (κ2) is 8.18. The van der Waals surface area contributed by atoms with Crippen LogP contribution in [0.2, 0.25) is 0 Å². The summed E-state index contributed by atoms with van der Waals surface area (Å²) in [6.07, 6.45) is -4.75. The van der Waals surface area contributed by atoms with E-state index in [1.165, 1.54) is 31.4 Å². The number of ketones is 2. The van der Waals surface area contributed by atoms with E-state index in [1.54, 1.807) is 13.8 Å². The maximum absolute atomic E-state index is 13.3. The van der Waals surface area contributed by atoms with Crippen LogP contribution in [0, 0.1) is 12.8 Å². The second-order valence-corrected chi connectivity index (χ2v) is 8.10. The van der Waals surface area contributed by atoms with Gasteiger partial charge < -0.3 is 34.6 Å². The number of benzene rings is 2. The number of hydrogen-bond acceptors (Lipinski definition) is 9. The molecule has 2 aliphatic rings. The Morgan fingerprint density at radius 2 is 1.69 bits per heavy atom. The minimum absolute atomic E-state index is 0.0268. The predicted molar refractivity (Wildman–Crippen MR) is 110 cm³/mol. The van der Waals surface area contributed by atoms with Crippen molar-refractivity contribution in [2.45, 2.75) is 38.4 Å². The van der Waals surface area contributed by atoms with Gasteiger partial charge in [0.15, 0.2) is 5.78 Å². The van der Waals surface area contributed by atoms with Crippen molar-refractivity contribution in [3.8, 4) is 17.2 Å². The van der Waals surface area contributed by atoms with E-state index >= 15 is 0 Å². The zero-order chi connectivity index (χ0) is 23.3. The minimum atomic E-state index is -1.34. The molecule has 4 N–H and O–H groups in total. The van der Waals surface area contributed by atoms with Crippen molar-refractivity contribution in [1.82, 2.24) is 0 Å². The van der Waals surface area contributed by atoms with Gasteiger partial charge in [0.25, 0.3) is 0 Å². The van der Waals surface area contributed by atoms with E-state index in [-0.39, 0.29) is 39.5 Å². The second-order valence-electron chi connectivity index (χ2n) is 8.10. The van der Waals surface area contributed by atoms with Crippen molar-refractivity contribution in [3.63, 3.8) is 0 Å². The number of fused-ring (bicyclic) bond motifs is 2. The molecule has 2 aromatic carbocycles. The number of phenols is 1. The van der Waals surface area contributed by atoms with Gasteiger partial charge in [-0.05, 0) is 30.7 Å². The first-order chi connectivity index (χ1) is 15.2. The van der Waals surface area contributed by atoms with Crippen LogP contribution in [0.3, 0.4) is 0 Å². The first-order valence-electron chi connectivity index (χ1n) is 10.1. The van der Waals surface area contributed by atoms with Crippen LogP contribution in [-0.4, -0.2) is 70.3 Å². The van der Waals surface area contributed by atoms with Crippen LogP contribution in [0.5, 0.6) is 17.2 Å². The van der Waals surface area contributed by atoms with Crippen LogP contribution in [0.25, 0.3) is 0 Å². The lowest BCUT2D eigenvalue weighted by Crippen LogP contribution is -2.56. The smallest absolute Gasteiger partial charge is 0.226 e. The molecule has 0 spiro atoms. The largest absolute Gasteiger partial charge is 0.507 e. The van der Waals surface area contributed by atoms with Gasteiger partial charge >= 0.3 is 0 Å². The number of aliphatic hydroxyl groups excluding tert-OH is 3. The fraction of sp³-hybridized carbons (Fsp3) is 0.391. The number of phenolic OH excluding ortho intramolecular Hbond substituents is 1. The third-order valence-corrected chi connectivity index (χ3v) is 5.99. The zero-order valence-corrected chi connectivity index (χ0v) is 17.7. The van der Waals surface area contributed by atoms with Crippen molar-refractivity contribution < 1.29 is 44.2 Å². The molecule has 1 aliphatic heterocycles. The third kappa shape index (κ3) is 3.43. The van der Waals surface area contributed by atoms with Crippen molar-refractivity contribution in [2.24, 2.45) is 5.92 Å². The molecule has 0 radical (unpaired) electrons. The SMILES string of the molecule is COc1cc(OC2OC(CO)C(O)C(C)C2O)c2c(c1)C(=O)c1cc(C)cc(O)c1C2=O. The van der Waals surface area contributed by atoms with Gasteiger partial charge in [-0.25, -0.2) is 0 Å². The molecular weight excluding hydrogens is 420 g/mol. The minimum Gasteiger partial charge on any atom is -0.507 e. The van der Waals surface area contributed by atoms with Gasteiger partial charge in [-0.2, -0.15) is 0 Å². The summed E-state index contributed by atoms with van der Waals surface area (Å²) in [5.41, 5.74) is 0.485. The highest BCUT2D eigenvalue weighted by Crippen LogP contribution is 2.41. The molecule has 1 heterocycles. The van der Waals surface area contributed by atoms with Gasteiger partial charge in [0.2, 0.25) is 12.1 Å². The van der Waals surface area contributed by atoms with E-state index in [1.807, 2.05) is 0 Å². The number of methoxy groups -OCH3 is 1. The molecule has 9 nitrogen and oxygen atoms in total. The van der Waals surface area contributed by atoms with Gasteiger partial charge in [0.1, 0.15) is 29.5 Å². The van der Waals surface area contributed by atoms with Gasteiger partial charge in [0, 0.05) is 23.1 Å². The molecule has 32 heavy (non-hydrogen) atoms. The lowest BCUT2D eigenvalue weighted by atomic mass is 9.82. The normalized spacial score (nSPS) is 27.0. The average Bonchev–Trinajstić information content (AvgIpc) is 2.76. The standard InChI is InChI=1S/C23H24O9/c1-9-4-12-17(14(25)5-9)22(29)18-13(21(12)28)6-11(30-3)7-15(18)31-23-20(27)10(2)19(26)16(8-24)32-23/h4-7,10,16,19-20,23-27H,8H2,1-3H3. The number of carbonyl (C=O) groups excluding carboxylic acids is 2. The Morgan fingerprint density at radius 3 is 2.34 bits per heavy atom. The molecule has 170 valence electrons. The molecule has 9 heteroatoms. The summed E-state index contributed by atoms with van der Waals surface area (Å²) >= 11 is 0. The highest BCUT2D eigenvalue weighted by Gasteiger charge is 2.44. The van der Waals surface area contributed by atoms with Crippen molar-refractivity contribution in [2.75, 3.05) is 13.7 Å². The third-order valence-electron chi connectivity index (χ3n) is 5.99. The van der Waals surface area contributed by atoms with Crippen LogP contribution < -0.4 is 9.47 Å². The molecule has 1 saturated heterocycles. The van der Waals surface area contributed by atoms with Crippen molar-refractivity contribution in [3.05, 3.63) is 52.1 Å². The molecule has 4 rings (SSSR count). The maximum Gasteiger partial charge on any atom is 0.226 e. The molecule has 5 unspecified atom stereocenters. The van der Waals surface area contributed by atoms with E-state index in [4.69, 9.17) is 14.2 Å². The Kier molecular flexibility index (Phi) is 5.68. The Hall–Kier alpha value is -2.98. The van der Waals surface area contributed by atoms with E-state index < -0.39 is 48.7 Å². The monoisotopic (exact) mass is 444 g/mol. The van der Waals surface area contributed by atoms with Crippen molar-refractivity contribution in [1.29, 1.82) is 0 Å². The fourth-order valence-corrected chi connectivity index (χ4v) is 4.16. The van der Waals surface area contributed by atoms with E-state index in [0.29, 0.717) is 5.56 Å². The Labute approximate surface area is 183 Å². The predicted octanol–water partition coefficient (Wildman–Crippen LogP) is 0.939. The molecular formula is C23H24O9. The van der Waals surface area contributed by atoms with Crippen LogP contribution >= 0.6 is 0 Å². The number of rotatable bonds is 4. The number of aryl methyl sites for hydroxylation is 1. The fourth-order valence-electron chi connectivity index (χ4n) is 4.16. The Bertz CT molecular complexity index is 1090. The molecule has 0 amide bonds. The summed E-state index contributed by atoms with van der Waals surface area (Å²) in [5.74, 6) is -1.99. The highest BCUT2D eigenvalue weighted by atomic mass is 16.7. The van der Waals surface area contributed by atoms with Crippen LogP contribution in [-0.2, 0) is 4.74 Å². The number of ether oxygens (including phenoxy) is 3. The lowest BCUT2D eigenvalue weighted by Gasteiger charge is -2.40. The Balaban J connectivity index is 1.82. The summed E-state index contributed by atoms with van der Waals surface area (Å²) in [6.45, 7) is 2.76. The van der Waals surface area contributed by atoms with Crippen LogP contribution in [0.4, 0.5) is 0 Å². The van der Waals surface area contributed by atoms with E-state index in [9.17, 15) is 30.0 Å². The maximum atomic E-state index is 13.3.